The van der Waals surface area contributed by atoms with Gasteiger partial charge in [-0.15, -0.1) is 0 Å². The Balaban J connectivity index is 1.75. The van der Waals surface area contributed by atoms with Gasteiger partial charge in [-0.2, -0.15) is 0 Å². The van der Waals surface area contributed by atoms with Gasteiger partial charge < -0.3 is 19.7 Å². The van der Waals surface area contributed by atoms with E-state index in [-0.39, 0.29) is 34.1 Å². The molecule has 0 saturated heterocycles. The maximum absolute atomic E-state index is 13.2. The van der Waals surface area contributed by atoms with Crippen molar-refractivity contribution in [2.24, 2.45) is 11.8 Å². The van der Waals surface area contributed by atoms with E-state index in [4.69, 9.17) is 9.47 Å². The highest BCUT2D eigenvalue weighted by Gasteiger charge is 2.41. The molecule has 2 atom stereocenters. The average molecular weight is 406 g/mol. The number of fused-ring (bicyclic) bond motifs is 3. The molecule has 2 aromatic rings. The molecule has 0 amide bonds. The molecule has 6 heteroatoms. The molecule has 0 aromatic heterocycles. The summed E-state index contributed by atoms with van der Waals surface area (Å²) in [4.78, 5) is 26.5. The number of hydrogen-bond acceptors (Lipinski definition) is 6. The average Bonchev–Trinajstić information content (AvgIpc) is 2.75. The number of phenolic OH excluding ortho intramolecular Hbond substituents is 2. The Labute approximate surface area is 173 Å². The van der Waals surface area contributed by atoms with Gasteiger partial charge in [0, 0.05) is 0 Å². The fraction of sp³-hybridized carbons (Fsp3) is 0.333. The highest BCUT2D eigenvalue weighted by molar-refractivity contribution is 5.92. The minimum atomic E-state index is -0.503. The lowest BCUT2D eigenvalue weighted by atomic mass is 9.70. The van der Waals surface area contributed by atoms with E-state index < -0.39 is 23.8 Å². The number of allylic oxidation sites excluding steroid dienone is 1. The van der Waals surface area contributed by atoms with Crippen molar-refractivity contribution in [1.82, 2.24) is 0 Å². The Morgan fingerprint density at radius 2 is 1.20 bits per heavy atom. The highest BCUT2D eigenvalue weighted by Crippen LogP contribution is 2.49. The number of carbonyl (C=O) groups excluding carboxylic acids is 2. The van der Waals surface area contributed by atoms with E-state index in [1.807, 2.05) is 0 Å². The minimum Gasteiger partial charge on any atom is -0.507 e. The molecule has 1 heterocycles. The maximum atomic E-state index is 13.2. The number of rotatable bonds is 0. The van der Waals surface area contributed by atoms with Gasteiger partial charge in [0.1, 0.15) is 23.0 Å². The molecule has 2 aliphatic carbocycles. The van der Waals surface area contributed by atoms with Gasteiger partial charge >= 0.3 is 11.9 Å². The molecule has 0 saturated carbocycles. The van der Waals surface area contributed by atoms with Crippen LogP contribution < -0.4 is 9.47 Å². The summed E-state index contributed by atoms with van der Waals surface area (Å²) in [7, 11) is 0. The Morgan fingerprint density at radius 1 is 0.733 bits per heavy atom. The first-order valence-electron chi connectivity index (χ1n) is 10.3. The summed E-state index contributed by atoms with van der Waals surface area (Å²) >= 11 is 0. The van der Waals surface area contributed by atoms with E-state index >= 15 is 0 Å². The summed E-state index contributed by atoms with van der Waals surface area (Å²) in [5.74, 6) is -1.99. The molecular weight excluding hydrogens is 384 g/mol. The van der Waals surface area contributed by atoms with Gasteiger partial charge in [0.25, 0.3) is 0 Å². The summed E-state index contributed by atoms with van der Waals surface area (Å²) < 4.78 is 11.6. The molecule has 2 N–H and O–H groups in total. The zero-order valence-corrected chi connectivity index (χ0v) is 16.4. The topological polar surface area (TPSA) is 93.1 Å². The molecule has 5 rings (SSSR count). The van der Waals surface area contributed by atoms with Crippen molar-refractivity contribution < 1.29 is 29.3 Å². The van der Waals surface area contributed by atoms with Gasteiger partial charge in [0.15, 0.2) is 0 Å². The molecule has 2 aromatic carbocycles. The van der Waals surface area contributed by atoms with Crippen LogP contribution in [0.25, 0.3) is 11.1 Å². The van der Waals surface area contributed by atoms with Crippen molar-refractivity contribution >= 4 is 11.9 Å². The predicted octanol–water partition coefficient (Wildman–Crippen LogP) is 4.49. The molecule has 0 bridgehead atoms. The Bertz CT molecular complexity index is 1000. The first-order valence-corrected chi connectivity index (χ1v) is 10.3. The molecule has 3 aliphatic rings. The van der Waals surface area contributed by atoms with Crippen LogP contribution >= 0.6 is 0 Å². The first-order chi connectivity index (χ1) is 14.5. The van der Waals surface area contributed by atoms with Crippen LogP contribution in [0.15, 0.2) is 47.5 Å². The normalized spacial score (nSPS) is 23.3. The van der Waals surface area contributed by atoms with E-state index in [0.717, 1.165) is 31.3 Å². The number of benzene rings is 2. The fourth-order valence-corrected chi connectivity index (χ4v) is 5.06. The zero-order valence-electron chi connectivity index (χ0n) is 16.4. The van der Waals surface area contributed by atoms with Crippen molar-refractivity contribution in [3.8, 4) is 34.1 Å². The van der Waals surface area contributed by atoms with Crippen molar-refractivity contribution in [3.63, 3.8) is 0 Å². The SMILES string of the molecule is O=C1Oc2cccc(O)c2-c2c(O)cccc2OC(=O)C2CCCC3=C2C1CCC3. The van der Waals surface area contributed by atoms with Crippen LogP contribution in [0.2, 0.25) is 0 Å². The minimum absolute atomic E-state index is 0.126. The van der Waals surface area contributed by atoms with Crippen molar-refractivity contribution in [3.05, 3.63) is 47.5 Å². The molecule has 154 valence electrons. The third-order valence-electron chi connectivity index (χ3n) is 6.35. The monoisotopic (exact) mass is 406 g/mol. The second-order valence-electron chi connectivity index (χ2n) is 8.09. The maximum Gasteiger partial charge on any atom is 0.318 e. The van der Waals surface area contributed by atoms with Crippen LogP contribution in [0.4, 0.5) is 0 Å². The molecule has 0 spiro atoms. The molecule has 30 heavy (non-hydrogen) atoms. The van der Waals surface area contributed by atoms with Crippen molar-refractivity contribution in [2.75, 3.05) is 0 Å². The van der Waals surface area contributed by atoms with Crippen LogP contribution in [-0.2, 0) is 9.59 Å². The Kier molecular flexibility index (Phi) is 4.50. The third-order valence-corrected chi connectivity index (χ3v) is 6.35. The molecule has 0 radical (unpaired) electrons. The van der Waals surface area contributed by atoms with Crippen LogP contribution in [0.1, 0.15) is 38.5 Å². The molecule has 0 fully saturated rings. The quantitative estimate of drug-likeness (QED) is 0.381. The van der Waals surface area contributed by atoms with Gasteiger partial charge in [-0.3, -0.25) is 9.59 Å². The second-order valence-corrected chi connectivity index (χ2v) is 8.09. The summed E-state index contributed by atoms with van der Waals surface area (Å²) in [6.45, 7) is 0. The highest BCUT2D eigenvalue weighted by atomic mass is 16.5. The van der Waals surface area contributed by atoms with Gasteiger partial charge in [-0.25, -0.2) is 0 Å². The number of hydrogen-bond donors (Lipinski definition) is 2. The van der Waals surface area contributed by atoms with E-state index in [1.54, 1.807) is 24.3 Å². The Hall–Kier alpha value is -3.28. The van der Waals surface area contributed by atoms with Crippen LogP contribution in [-0.4, -0.2) is 22.2 Å². The van der Waals surface area contributed by atoms with Crippen molar-refractivity contribution in [2.45, 2.75) is 38.5 Å². The molecular formula is C24H22O6. The van der Waals surface area contributed by atoms with Crippen LogP contribution in [0.5, 0.6) is 23.0 Å². The smallest absolute Gasteiger partial charge is 0.318 e. The van der Waals surface area contributed by atoms with E-state index in [1.165, 1.54) is 17.7 Å². The summed E-state index contributed by atoms with van der Waals surface area (Å²) in [5.41, 5.74) is 2.28. The standard InChI is InChI=1S/C24H22O6/c25-16-9-3-11-18-21(16)22-17(26)10-4-12-19(22)30-24(28)15-8-2-6-13-5-1-7-14(20(13)15)23(27)29-18/h3-4,9-12,14-15,25-26H,1-2,5-8H2. The van der Waals surface area contributed by atoms with Gasteiger partial charge in [-0.05, 0) is 68.4 Å². The van der Waals surface area contributed by atoms with Crippen molar-refractivity contribution in [1.29, 1.82) is 0 Å². The lowest BCUT2D eigenvalue weighted by Crippen LogP contribution is -2.35. The number of phenols is 2. The van der Waals surface area contributed by atoms with E-state index in [2.05, 4.69) is 0 Å². The molecule has 6 nitrogen and oxygen atoms in total. The summed E-state index contributed by atoms with van der Waals surface area (Å²) in [6, 6.07) is 9.15. The van der Waals surface area contributed by atoms with Crippen LogP contribution in [0, 0.1) is 11.8 Å². The number of ether oxygens (including phenoxy) is 2. The largest absolute Gasteiger partial charge is 0.507 e. The lowest BCUT2D eigenvalue weighted by molar-refractivity contribution is -0.140. The first kappa shape index (κ1) is 18.7. The number of esters is 2. The molecule has 1 aliphatic heterocycles. The summed E-state index contributed by atoms with van der Waals surface area (Å²) in [6.07, 6.45) is 4.75. The fourth-order valence-electron chi connectivity index (χ4n) is 5.06. The Morgan fingerprint density at radius 3 is 1.67 bits per heavy atom. The summed E-state index contributed by atoms with van der Waals surface area (Å²) in [5, 5.41) is 21.1. The second kappa shape index (κ2) is 7.20. The van der Waals surface area contributed by atoms with Gasteiger partial charge in [-0.1, -0.05) is 17.7 Å². The predicted molar refractivity (Wildman–Crippen MR) is 108 cm³/mol. The number of aromatic hydroxyl groups is 2. The lowest BCUT2D eigenvalue weighted by Gasteiger charge is -2.34. The van der Waals surface area contributed by atoms with Gasteiger partial charge in [0.2, 0.25) is 0 Å². The van der Waals surface area contributed by atoms with E-state index in [0.29, 0.717) is 12.8 Å². The van der Waals surface area contributed by atoms with Gasteiger partial charge in [0.05, 0.1) is 23.0 Å². The zero-order chi connectivity index (χ0) is 20.8. The number of carbonyl (C=O) groups is 2. The van der Waals surface area contributed by atoms with E-state index in [9.17, 15) is 19.8 Å². The van der Waals surface area contributed by atoms with Crippen LogP contribution in [0.3, 0.4) is 0 Å². The third kappa shape index (κ3) is 2.95. The molecule has 2 unspecified atom stereocenters.